The Morgan fingerprint density at radius 1 is 1.29 bits per heavy atom. The van der Waals surface area contributed by atoms with Gasteiger partial charge in [-0.3, -0.25) is 0 Å². The van der Waals surface area contributed by atoms with Gasteiger partial charge in [-0.1, -0.05) is 27.7 Å². The van der Waals surface area contributed by atoms with Crippen LogP contribution >= 0.6 is 11.5 Å². The molecule has 1 unspecified atom stereocenters. The van der Waals surface area contributed by atoms with Crippen molar-refractivity contribution in [1.29, 1.82) is 0 Å². The molecule has 0 fully saturated rings. The van der Waals surface area contributed by atoms with Crippen LogP contribution in [0, 0.1) is 11.3 Å². The fraction of sp³-hybridized carbons (Fsp3) is 0.800. The fourth-order valence-corrected chi connectivity index (χ4v) is 1.55. The summed E-state index contributed by atoms with van der Waals surface area (Å²) in [5.41, 5.74) is 0.102. The predicted octanol–water partition coefficient (Wildman–Crippen LogP) is 3.65. The third kappa shape index (κ3) is 4.14. The van der Waals surface area contributed by atoms with E-state index in [1.54, 1.807) is 0 Å². The Bertz CT molecular complexity index is 368. The number of nitrogens with zero attached hydrogens (tertiary/aromatic N) is 2. The van der Waals surface area contributed by atoms with Crippen LogP contribution in [0.2, 0.25) is 0 Å². The highest BCUT2D eigenvalue weighted by Crippen LogP contribution is 2.30. The maximum absolute atomic E-state index is 12.2. The minimum Gasteiger partial charge on any atom is -0.360 e. The molecule has 0 spiro atoms. The van der Waals surface area contributed by atoms with Gasteiger partial charge in [0.15, 0.2) is 0 Å². The van der Waals surface area contributed by atoms with Gasteiger partial charge in [0, 0.05) is 18.1 Å². The lowest BCUT2D eigenvalue weighted by molar-refractivity contribution is -0.144. The van der Waals surface area contributed by atoms with Gasteiger partial charge in [-0.05, 0) is 11.3 Å². The first-order chi connectivity index (χ1) is 7.60. The standard InChI is InChI=1S/C10H16F3N3S/c1-6(9(2,3)4)5-14-8-15-7(16-17-8)10(11,12)13/h6H,5H2,1-4H3,(H,14,15,16). The van der Waals surface area contributed by atoms with Gasteiger partial charge in [0.05, 0.1) is 0 Å². The lowest BCUT2D eigenvalue weighted by atomic mass is 9.82. The molecule has 0 saturated heterocycles. The predicted molar refractivity (Wildman–Crippen MR) is 62.0 cm³/mol. The molecule has 0 amide bonds. The van der Waals surface area contributed by atoms with Crippen molar-refractivity contribution in [1.82, 2.24) is 9.36 Å². The van der Waals surface area contributed by atoms with E-state index >= 15 is 0 Å². The number of hydrogen-bond donors (Lipinski definition) is 1. The molecule has 0 aliphatic rings. The zero-order chi connectivity index (χ0) is 13.3. The van der Waals surface area contributed by atoms with Gasteiger partial charge >= 0.3 is 6.18 Å². The Labute approximate surface area is 103 Å². The van der Waals surface area contributed by atoms with Crippen LogP contribution in [0.15, 0.2) is 0 Å². The molecule has 0 aliphatic heterocycles. The number of nitrogens with one attached hydrogen (secondary N) is 1. The first kappa shape index (κ1) is 14.2. The van der Waals surface area contributed by atoms with Crippen LogP contribution in [0.4, 0.5) is 18.3 Å². The molecule has 1 aromatic heterocycles. The quantitative estimate of drug-likeness (QED) is 0.908. The van der Waals surface area contributed by atoms with Crippen molar-refractivity contribution < 1.29 is 13.2 Å². The van der Waals surface area contributed by atoms with Crippen molar-refractivity contribution in [2.75, 3.05) is 11.9 Å². The summed E-state index contributed by atoms with van der Waals surface area (Å²) in [4.78, 5) is 3.41. The lowest BCUT2D eigenvalue weighted by Crippen LogP contribution is -2.24. The average Bonchev–Trinajstić information content (AvgIpc) is 2.59. The molecule has 17 heavy (non-hydrogen) atoms. The Morgan fingerprint density at radius 3 is 2.29 bits per heavy atom. The molecule has 0 aromatic carbocycles. The second-order valence-electron chi connectivity index (χ2n) is 5.07. The van der Waals surface area contributed by atoms with E-state index in [4.69, 9.17) is 0 Å². The number of rotatable bonds is 3. The van der Waals surface area contributed by atoms with Crippen LogP contribution in [0.25, 0.3) is 0 Å². The number of alkyl halides is 3. The van der Waals surface area contributed by atoms with Gasteiger partial charge in [0.2, 0.25) is 11.0 Å². The molecule has 7 heteroatoms. The van der Waals surface area contributed by atoms with Crippen LogP contribution in [0.5, 0.6) is 0 Å². The molecular formula is C10H16F3N3S. The molecular weight excluding hydrogens is 251 g/mol. The van der Waals surface area contributed by atoms with E-state index in [-0.39, 0.29) is 10.5 Å². The minimum atomic E-state index is -4.47. The molecule has 0 radical (unpaired) electrons. The summed E-state index contributed by atoms with van der Waals surface area (Å²) in [7, 11) is 0. The minimum absolute atomic E-state index is 0.102. The Kier molecular flexibility index (Phi) is 4.01. The highest BCUT2D eigenvalue weighted by molar-refractivity contribution is 7.09. The lowest BCUT2D eigenvalue weighted by Gasteiger charge is -2.27. The van der Waals surface area contributed by atoms with Gasteiger partial charge in [-0.2, -0.15) is 22.5 Å². The van der Waals surface area contributed by atoms with Crippen molar-refractivity contribution in [3.63, 3.8) is 0 Å². The highest BCUT2D eigenvalue weighted by atomic mass is 32.1. The molecule has 1 N–H and O–H groups in total. The van der Waals surface area contributed by atoms with Gasteiger partial charge in [0.1, 0.15) is 0 Å². The summed E-state index contributed by atoms with van der Waals surface area (Å²) in [5, 5.41) is 3.10. The van der Waals surface area contributed by atoms with E-state index in [0.29, 0.717) is 12.5 Å². The largest absolute Gasteiger partial charge is 0.452 e. The summed E-state index contributed by atoms with van der Waals surface area (Å²) in [6.07, 6.45) is -4.47. The molecule has 0 aliphatic carbocycles. The van der Waals surface area contributed by atoms with Crippen molar-refractivity contribution in [3.05, 3.63) is 5.82 Å². The SMILES string of the molecule is CC(CNc1nc(C(F)(F)F)ns1)C(C)(C)C. The molecule has 1 rings (SSSR count). The monoisotopic (exact) mass is 267 g/mol. The number of hydrogen-bond acceptors (Lipinski definition) is 4. The molecule has 1 aromatic rings. The van der Waals surface area contributed by atoms with Crippen molar-refractivity contribution in [2.45, 2.75) is 33.9 Å². The summed E-state index contributed by atoms with van der Waals surface area (Å²) in [5.74, 6) is -0.755. The number of anilines is 1. The maximum atomic E-state index is 12.2. The molecule has 3 nitrogen and oxygen atoms in total. The van der Waals surface area contributed by atoms with Gasteiger partial charge < -0.3 is 5.32 Å². The van der Waals surface area contributed by atoms with E-state index in [2.05, 4.69) is 35.4 Å². The van der Waals surface area contributed by atoms with Gasteiger partial charge in [-0.15, -0.1) is 0 Å². The smallest absolute Gasteiger partial charge is 0.360 e. The van der Waals surface area contributed by atoms with E-state index < -0.39 is 12.0 Å². The molecule has 98 valence electrons. The maximum Gasteiger partial charge on any atom is 0.452 e. The molecule has 1 heterocycles. The summed E-state index contributed by atoms with van der Waals surface area (Å²) in [6, 6.07) is 0. The first-order valence-corrected chi connectivity index (χ1v) is 6.03. The van der Waals surface area contributed by atoms with Gasteiger partial charge in [-0.25, -0.2) is 0 Å². The number of halogens is 3. The first-order valence-electron chi connectivity index (χ1n) is 5.25. The molecule has 0 saturated carbocycles. The van der Waals surface area contributed by atoms with E-state index in [0.717, 1.165) is 11.5 Å². The Morgan fingerprint density at radius 2 is 1.88 bits per heavy atom. The van der Waals surface area contributed by atoms with E-state index in [1.165, 1.54) is 0 Å². The van der Waals surface area contributed by atoms with Crippen LogP contribution in [0.3, 0.4) is 0 Å². The third-order valence-electron chi connectivity index (χ3n) is 2.72. The van der Waals surface area contributed by atoms with Crippen molar-refractivity contribution in [3.8, 4) is 0 Å². The molecule has 1 atom stereocenters. The van der Waals surface area contributed by atoms with Crippen molar-refractivity contribution >= 4 is 16.7 Å². The summed E-state index contributed by atoms with van der Waals surface area (Å²) < 4.78 is 40.0. The second-order valence-corrected chi connectivity index (χ2v) is 5.82. The fourth-order valence-electron chi connectivity index (χ4n) is 0.957. The zero-order valence-electron chi connectivity index (χ0n) is 10.2. The Balaban J connectivity index is 2.57. The summed E-state index contributed by atoms with van der Waals surface area (Å²) in [6.45, 7) is 8.87. The normalized spacial score (nSPS) is 14.8. The average molecular weight is 267 g/mol. The van der Waals surface area contributed by atoms with E-state index in [9.17, 15) is 13.2 Å². The van der Waals surface area contributed by atoms with E-state index in [1.807, 2.05) is 6.92 Å². The Hall–Kier alpha value is -0.850. The van der Waals surface area contributed by atoms with Crippen molar-refractivity contribution in [2.24, 2.45) is 11.3 Å². The summed E-state index contributed by atoms with van der Waals surface area (Å²) >= 11 is 0.737. The second kappa shape index (κ2) is 4.80. The third-order valence-corrected chi connectivity index (χ3v) is 3.39. The van der Waals surface area contributed by atoms with Crippen LogP contribution < -0.4 is 5.32 Å². The molecule has 0 bridgehead atoms. The van der Waals surface area contributed by atoms with Crippen LogP contribution in [-0.2, 0) is 6.18 Å². The van der Waals surface area contributed by atoms with Gasteiger partial charge in [0.25, 0.3) is 0 Å². The number of aromatic nitrogens is 2. The highest BCUT2D eigenvalue weighted by Gasteiger charge is 2.36. The van der Waals surface area contributed by atoms with Crippen LogP contribution in [-0.4, -0.2) is 15.9 Å². The zero-order valence-corrected chi connectivity index (χ0v) is 11.0. The van der Waals surface area contributed by atoms with Crippen LogP contribution in [0.1, 0.15) is 33.5 Å². The topological polar surface area (TPSA) is 37.8 Å².